The maximum Gasteiger partial charge on any atom is 0.244 e. The van der Waals surface area contributed by atoms with Crippen LogP contribution in [0.25, 0.3) is 0 Å². The van der Waals surface area contributed by atoms with Crippen LogP contribution in [0.2, 0.25) is 10.0 Å². The van der Waals surface area contributed by atoms with E-state index in [-0.39, 0.29) is 21.5 Å². The normalized spacial score (nSPS) is 12.1. The summed E-state index contributed by atoms with van der Waals surface area (Å²) < 4.78 is 28.4. The van der Waals surface area contributed by atoms with Crippen molar-refractivity contribution in [2.75, 3.05) is 7.05 Å². The molecule has 0 atom stereocenters. The first kappa shape index (κ1) is 17.3. The van der Waals surface area contributed by atoms with Crippen LogP contribution in [0.4, 0.5) is 0 Å². The van der Waals surface area contributed by atoms with Crippen molar-refractivity contribution in [3.8, 4) is 0 Å². The minimum Gasteiger partial charge on any atom is -0.272 e. The lowest BCUT2D eigenvalue weighted by molar-refractivity contribution is 0.465. The van der Waals surface area contributed by atoms with Gasteiger partial charge in [0.25, 0.3) is 0 Å². The molecule has 0 aliphatic rings. The number of hydrogen-bond donors (Lipinski definition) is 0. The fourth-order valence-corrected chi connectivity index (χ4v) is 4.08. The van der Waals surface area contributed by atoms with Crippen LogP contribution in [0.1, 0.15) is 17.0 Å². The van der Waals surface area contributed by atoms with Crippen LogP contribution < -0.4 is 0 Å². The van der Waals surface area contributed by atoms with E-state index in [9.17, 15) is 8.42 Å². The molecule has 2 rings (SSSR count). The van der Waals surface area contributed by atoms with Crippen LogP contribution in [0, 0.1) is 13.8 Å². The van der Waals surface area contributed by atoms with E-state index in [0.717, 1.165) is 17.0 Å². The molecule has 22 heavy (non-hydrogen) atoms. The molecule has 0 N–H and O–H groups in total. The highest BCUT2D eigenvalue weighted by molar-refractivity contribution is 7.89. The molecule has 1 heterocycles. The van der Waals surface area contributed by atoms with Crippen molar-refractivity contribution in [2.24, 2.45) is 7.05 Å². The third-order valence-corrected chi connectivity index (χ3v) is 6.42. The van der Waals surface area contributed by atoms with Crippen LogP contribution in [0.3, 0.4) is 0 Å². The summed E-state index contributed by atoms with van der Waals surface area (Å²) >= 11 is 11.9. The van der Waals surface area contributed by atoms with Crippen LogP contribution in [-0.4, -0.2) is 29.6 Å². The van der Waals surface area contributed by atoms with Gasteiger partial charge < -0.3 is 0 Å². The fraction of sp³-hybridized carbons (Fsp3) is 0.357. The quantitative estimate of drug-likeness (QED) is 0.840. The number of rotatable bonds is 4. The van der Waals surface area contributed by atoms with Crippen LogP contribution >= 0.6 is 23.2 Å². The average Bonchev–Trinajstić information content (AvgIpc) is 2.68. The summed E-state index contributed by atoms with van der Waals surface area (Å²) in [5.41, 5.74) is 2.61. The number of sulfonamides is 1. The molecule has 5 nitrogen and oxygen atoms in total. The summed E-state index contributed by atoms with van der Waals surface area (Å²) in [7, 11) is -0.395. The Bertz CT molecular complexity index is 816. The number of aromatic nitrogens is 2. The third kappa shape index (κ3) is 3.01. The van der Waals surface area contributed by atoms with Gasteiger partial charge in [-0.25, -0.2) is 8.42 Å². The number of hydrogen-bond acceptors (Lipinski definition) is 3. The van der Waals surface area contributed by atoms with Gasteiger partial charge in [-0.05, 0) is 26.0 Å². The molecule has 1 aromatic heterocycles. The van der Waals surface area contributed by atoms with Gasteiger partial charge >= 0.3 is 0 Å². The summed E-state index contributed by atoms with van der Waals surface area (Å²) in [5, 5.41) is 4.55. The van der Waals surface area contributed by atoms with Crippen molar-refractivity contribution in [3.63, 3.8) is 0 Å². The molecular formula is C14H17Cl2N3O2S. The first-order valence-corrected chi connectivity index (χ1v) is 8.75. The molecule has 0 saturated heterocycles. The minimum absolute atomic E-state index is 0.00311. The van der Waals surface area contributed by atoms with E-state index in [1.807, 2.05) is 20.9 Å². The largest absolute Gasteiger partial charge is 0.272 e. The molecule has 0 radical (unpaired) electrons. The van der Waals surface area contributed by atoms with E-state index in [1.54, 1.807) is 16.8 Å². The number of aryl methyl sites for hydroxylation is 2. The van der Waals surface area contributed by atoms with Gasteiger partial charge in [0, 0.05) is 31.9 Å². The molecule has 2 aromatic rings. The van der Waals surface area contributed by atoms with Gasteiger partial charge in [0.2, 0.25) is 10.0 Å². The van der Waals surface area contributed by atoms with Crippen molar-refractivity contribution in [1.29, 1.82) is 0 Å². The highest BCUT2D eigenvalue weighted by Gasteiger charge is 2.26. The highest BCUT2D eigenvalue weighted by atomic mass is 35.5. The van der Waals surface area contributed by atoms with Crippen LogP contribution in [-0.2, 0) is 23.6 Å². The lowest BCUT2D eigenvalue weighted by atomic mass is 10.2. The molecule has 8 heteroatoms. The molecule has 0 bridgehead atoms. The predicted molar refractivity (Wildman–Crippen MR) is 87.8 cm³/mol. The average molecular weight is 362 g/mol. The van der Waals surface area contributed by atoms with Crippen LogP contribution in [0.5, 0.6) is 0 Å². The Balaban J connectivity index is 2.39. The zero-order valence-corrected chi connectivity index (χ0v) is 15.1. The van der Waals surface area contributed by atoms with Gasteiger partial charge in [-0.2, -0.15) is 9.40 Å². The van der Waals surface area contributed by atoms with Crippen molar-refractivity contribution < 1.29 is 8.42 Å². The first-order chi connectivity index (χ1) is 10.2. The van der Waals surface area contributed by atoms with E-state index in [4.69, 9.17) is 23.2 Å². The van der Waals surface area contributed by atoms with Crippen molar-refractivity contribution in [1.82, 2.24) is 14.1 Å². The fourth-order valence-electron chi connectivity index (χ4n) is 2.21. The van der Waals surface area contributed by atoms with E-state index in [1.165, 1.54) is 17.4 Å². The number of halogens is 2. The summed E-state index contributed by atoms with van der Waals surface area (Å²) in [4.78, 5) is 0.00311. The third-order valence-electron chi connectivity index (χ3n) is 3.64. The first-order valence-electron chi connectivity index (χ1n) is 6.55. The second kappa shape index (κ2) is 6.20. The Kier molecular flexibility index (Phi) is 4.87. The molecular weight excluding hydrogens is 345 g/mol. The Hall–Kier alpha value is -1.08. The SMILES string of the molecule is Cc1nn(C)c(C)c1CN(C)S(=O)(=O)c1cccc(Cl)c1Cl. The van der Waals surface area contributed by atoms with Gasteiger partial charge in [0.1, 0.15) is 4.90 Å². The molecule has 0 aliphatic heterocycles. The van der Waals surface area contributed by atoms with E-state index < -0.39 is 10.0 Å². The lowest BCUT2D eigenvalue weighted by Gasteiger charge is -2.18. The molecule has 0 spiro atoms. The topological polar surface area (TPSA) is 55.2 Å². The summed E-state index contributed by atoms with van der Waals surface area (Å²) in [6, 6.07) is 4.57. The zero-order chi connectivity index (χ0) is 16.7. The predicted octanol–water partition coefficient (Wildman–Crippen LogP) is 3.16. The Morgan fingerprint density at radius 3 is 2.45 bits per heavy atom. The summed E-state index contributed by atoms with van der Waals surface area (Å²) in [6.07, 6.45) is 0. The van der Waals surface area contributed by atoms with E-state index in [0.29, 0.717) is 0 Å². The second-order valence-electron chi connectivity index (χ2n) is 5.09. The molecule has 0 fully saturated rings. The standard InChI is InChI=1S/C14H17Cl2N3O2S/c1-9-11(10(2)19(4)17-9)8-18(3)22(20,21)13-7-5-6-12(15)14(13)16/h5-7H,8H2,1-4H3. The van der Waals surface area contributed by atoms with Gasteiger partial charge in [-0.3, -0.25) is 4.68 Å². The molecule has 1 aromatic carbocycles. The maximum absolute atomic E-state index is 12.7. The molecule has 0 amide bonds. The van der Waals surface area contributed by atoms with Gasteiger partial charge in [0.05, 0.1) is 15.7 Å². The molecule has 0 unspecified atom stereocenters. The minimum atomic E-state index is -3.73. The Morgan fingerprint density at radius 1 is 1.27 bits per heavy atom. The summed E-state index contributed by atoms with van der Waals surface area (Å²) in [6.45, 7) is 3.98. The molecule has 0 saturated carbocycles. The van der Waals surface area contributed by atoms with Crippen molar-refractivity contribution in [2.45, 2.75) is 25.3 Å². The number of nitrogens with zero attached hydrogens (tertiary/aromatic N) is 3. The Labute approximate surface area is 140 Å². The number of benzene rings is 1. The van der Waals surface area contributed by atoms with Crippen molar-refractivity contribution >= 4 is 33.2 Å². The molecule has 120 valence electrons. The zero-order valence-electron chi connectivity index (χ0n) is 12.8. The van der Waals surface area contributed by atoms with Gasteiger partial charge in [-0.1, -0.05) is 29.3 Å². The van der Waals surface area contributed by atoms with Crippen LogP contribution in [0.15, 0.2) is 23.1 Å². The van der Waals surface area contributed by atoms with Crippen molar-refractivity contribution in [3.05, 3.63) is 45.2 Å². The van der Waals surface area contributed by atoms with E-state index >= 15 is 0 Å². The van der Waals surface area contributed by atoms with E-state index in [2.05, 4.69) is 5.10 Å². The monoisotopic (exact) mass is 361 g/mol. The lowest BCUT2D eigenvalue weighted by Crippen LogP contribution is -2.27. The highest BCUT2D eigenvalue weighted by Crippen LogP contribution is 2.31. The summed E-state index contributed by atoms with van der Waals surface area (Å²) in [5.74, 6) is 0. The maximum atomic E-state index is 12.7. The Morgan fingerprint density at radius 2 is 1.91 bits per heavy atom. The second-order valence-corrected chi connectivity index (χ2v) is 7.88. The smallest absolute Gasteiger partial charge is 0.244 e. The van der Waals surface area contributed by atoms with Gasteiger partial charge in [0.15, 0.2) is 0 Å². The van der Waals surface area contributed by atoms with Gasteiger partial charge in [-0.15, -0.1) is 0 Å². The molecule has 0 aliphatic carbocycles.